The van der Waals surface area contributed by atoms with Crippen LogP contribution in [0.1, 0.15) is 52.0 Å². The van der Waals surface area contributed by atoms with Gasteiger partial charge in [0.15, 0.2) is 0 Å². The van der Waals surface area contributed by atoms with Crippen molar-refractivity contribution < 1.29 is 18.0 Å². The van der Waals surface area contributed by atoms with Crippen molar-refractivity contribution in [2.45, 2.75) is 51.3 Å². The Kier molecular flexibility index (Phi) is 7.42. The van der Waals surface area contributed by atoms with Crippen molar-refractivity contribution in [3.05, 3.63) is 29.8 Å². The molecular formula is C23H35N3O4S. The molecular weight excluding hydrogens is 414 g/mol. The topological polar surface area (TPSA) is 78.0 Å². The van der Waals surface area contributed by atoms with E-state index in [2.05, 4.69) is 13.8 Å². The summed E-state index contributed by atoms with van der Waals surface area (Å²) in [6.07, 6.45) is 1.61. The van der Waals surface area contributed by atoms with E-state index in [1.807, 2.05) is 26.0 Å². The van der Waals surface area contributed by atoms with Crippen molar-refractivity contribution in [2.75, 3.05) is 39.3 Å². The van der Waals surface area contributed by atoms with Crippen LogP contribution in [-0.2, 0) is 19.6 Å². The number of hydrogen-bond acceptors (Lipinski definition) is 4. The van der Waals surface area contributed by atoms with E-state index in [-0.39, 0.29) is 23.7 Å². The third kappa shape index (κ3) is 5.29. The van der Waals surface area contributed by atoms with Gasteiger partial charge < -0.3 is 9.80 Å². The minimum absolute atomic E-state index is 0.0413. The molecule has 2 aliphatic heterocycles. The summed E-state index contributed by atoms with van der Waals surface area (Å²) in [6, 6.07) is 7.07. The molecule has 1 aromatic rings. The van der Waals surface area contributed by atoms with Crippen LogP contribution in [-0.4, -0.2) is 73.6 Å². The summed E-state index contributed by atoms with van der Waals surface area (Å²) in [4.78, 5) is 29.2. The minimum atomic E-state index is -3.57. The lowest BCUT2D eigenvalue weighted by Gasteiger charge is -2.39. The Morgan fingerprint density at radius 2 is 1.52 bits per heavy atom. The molecule has 0 radical (unpaired) electrons. The van der Waals surface area contributed by atoms with Crippen molar-refractivity contribution >= 4 is 21.8 Å². The molecule has 2 aliphatic rings. The van der Waals surface area contributed by atoms with Crippen LogP contribution in [0.3, 0.4) is 0 Å². The first-order chi connectivity index (χ1) is 14.6. The van der Waals surface area contributed by atoms with Gasteiger partial charge in [0.1, 0.15) is 0 Å². The van der Waals surface area contributed by atoms with Crippen LogP contribution in [0, 0.1) is 11.8 Å². The molecule has 1 atom stereocenters. The van der Waals surface area contributed by atoms with Gasteiger partial charge in [-0.05, 0) is 36.5 Å². The fraction of sp³-hybridized carbons (Fsp3) is 0.652. The predicted molar refractivity (Wildman–Crippen MR) is 120 cm³/mol. The number of sulfonamides is 1. The number of piperidine rings is 1. The summed E-state index contributed by atoms with van der Waals surface area (Å²) in [7, 11) is -3.57. The van der Waals surface area contributed by atoms with Crippen LogP contribution in [0.15, 0.2) is 29.2 Å². The highest BCUT2D eigenvalue weighted by Crippen LogP contribution is 2.24. The number of piperazine rings is 1. The molecule has 3 rings (SSSR count). The summed E-state index contributed by atoms with van der Waals surface area (Å²) in [6.45, 7) is 10.4. The van der Waals surface area contributed by atoms with Gasteiger partial charge in [0.05, 0.1) is 10.8 Å². The lowest BCUT2D eigenvalue weighted by atomic mass is 9.95. The molecule has 172 valence electrons. The minimum Gasteiger partial charge on any atom is -0.342 e. The quantitative estimate of drug-likeness (QED) is 0.692. The van der Waals surface area contributed by atoms with Crippen molar-refractivity contribution in [2.24, 2.45) is 11.8 Å². The van der Waals surface area contributed by atoms with E-state index >= 15 is 0 Å². The van der Waals surface area contributed by atoms with Gasteiger partial charge in [-0.25, -0.2) is 8.42 Å². The van der Waals surface area contributed by atoms with E-state index in [0.717, 1.165) is 18.4 Å². The van der Waals surface area contributed by atoms with Crippen LogP contribution in [0.2, 0.25) is 0 Å². The third-order valence-corrected chi connectivity index (χ3v) is 8.22. The van der Waals surface area contributed by atoms with E-state index in [0.29, 0.717) is 50.1 Å². The normalized spacial score (nSPS) is 21.0. The second-order valence-corrected chi connectivity index (χ2v) is 11.2. The van der Waals surface area contributed by atoms with Crippen LogP contribution >= 0.6 is 0 Å². The summed E-state index contributed by atoms with van der Waals surface area (Å²) in [5, 5.41) is 0. The molecule has 2 saturated heterocycles. The van der Waals surface area contributed by atoms with Crippen LogP contribution in [0.4, 0.5) is 0 Å². The number of benzene rings is 1. The second kappa shape index (κ2) is 9.69. The second-order valence-electron chi connectivity index (χ2n) is 9.23. The molecule has 2 heterocycles. The lowest BCUT2D eigenvalue weighted by molar-refractivity contribution is -0.143. The van der Waals surface area contributed by atoms with Gasteiger partial charge in [-0.2, -0.15) is 4.31 Å². The van der Waals surface area contributed by atoms with E-state index in [1.54, 1.807) is 21.9 Å². The lowest BCUT2D eigenvalue weighted by Crippen LogP contribution is -2.54. The molecule has 0 spiro atoms. The Balaban J connectivity index is 1.59. The largest absolute Gasteiger partial charge is 0.342 e. The van der Waals surface area contributed by atoms with Gasteiger partial charge >= 0.3 is 0 Å². The Morgan fingerprint density at radius 1 is 0.903 bits per heavy atom. The molecule has 1 aromatic carbocycles. The molecule has 8 heteroatoms. The predicted octanol–water partition coefficient (Wildman–Crippen LogP) is 2.54. The summed E-state index contributed by atoms with van der Waals surface area (Å²) in [5.74, 6) is 0.217. The highest BCUT2D eigenvalue weighted by molar-refractivity contribution is 7.89. The van der Waals surface area contributed by atoms with Crippen molar-refractivity contribution in [3.63, 3.8) is 0 Å². The average molecular weight is 450 g/mol. The zero-order valence-corrected chi connectivity index (χ0v) is 19.9. The van der Waals surface area contributed by atoms with Crippen molar-refractivity contribution in [1.82, 2.24) is 14.1 Å². The Hall–Kier alpha value is -1.93. The number of carbonyl (C=O) groups is 2. The summed E-state index contributed by atoms with van der Waals surface area (Å²) < 4.78 is 27.5. The fourth-order valence-electron chi connectivity index (χ4n) is 4.32. The zero-order chi connectivity index (χ0) is 22.8. The first kappa shape index (κ1) is 23.7. The summed E-state index contributed by atoms with van der Waals surface area (Å²) in [5.41, 5.74) is 1.10. The van der Waals surface area contributed by atoms with Gasteiger partial charge in [0.2, 0.25) is 21.8 Å². The molecule has 0 aromatic heterocycles. The maximum Gasteiger partial charge on any atom is 0.243 e. The SMILES string of the molecule is CC(C)C(=O)N1CCCC(C(=O)N2CCN(S(=O)(=O)c3ccc(C(C)C)cc3)CC2)C1. The molecule has 0 N–H and O–H groups in total. The van der Waals surface area contributed by atoms with Crippen LogP contribution in [0.25, 0.3) is 0 Å². The number of likely N-dealkylation sites (tertiary alicyclic amines) is 1. The highest BCUT2D eigenvalue weighted by Gasteiger charge is 2.35. The number of amides is 2. The van der Waals surface area contributed by atoms with Gasteiger partial charge in [0, 0.05) is 45.2 Å². The third-order valence-electron chi connectivity index (χ3n) is 6.31. The van der Waals surface area contributed by atoms with Gasteiger partial charge in [-0.15, -0.1) is 0 Å². The van der Waals surface area contributed by atoms with Crippen molar-refractivity contribution in [1.29, 1.82) is 0 Å². The maximum absolute atomic E-state index is 13.0. The van der Waals surface area contributed by atoms with Gasteiger partial charge in [-0.3, -0.25) is 9.59 Å². The molecule has 0 saturated carbocycles. The Labute approximate surface area is 186 Å². The Morgan fingerprint density at radius 3 is 2.06 bits per heavy atom. The Bertz CT molecular complexity index is 888. The van der Waals surface area contributed by atoms with Crippen molar-refractivity contribution in [3.8, 4) is 0 Å². The first-order valence-electron chi connectivity index (χ1n) is 11.3. The monoisotopic (exact) mass is 449 g/mol. The molecule has 1 unspecified atom stereocenters. The van der Waals surface area contributed by atoms with E-state index < -0.39 is 10.0 Å². The zero-order valence-electron chi connectivity index (χ0n) is 19.1. The molecule has 7 nitrogen and oxygen atoms in total. The highest BCUT2D eigenvalue weighted by atomic mass is 32.2. The fourth-order valence-corrected chi connectivity index (χ4v) is 5.75. The molecule has 2 fully saturated rings. The number of nitrogens with zero attached hydrogens (tertiary/aromatic N) is 3. The van der Waals surface area contributed by atoms with E-state index in [9.17, 15) is 18.0 Å². The van der Waals surface area contributed by atoms with Crippen LogP contribution in [0.5, 0.6) is 0 Å². The smallest absolute Gasteiger partial charge is 0.243 e. The van der Waals surface area contributed by atoms with E-state index in [4.69, 9.17) is 0 Å². The first-order valence-corrected chi connectivity index (χ1v) is 12.7. The molecule has 2 amide bonds. The number of carbonyl (C=O) groups excluding carboxylic acids is 2. The number of rotatable bonds is 5. The van der Waals surface area contributed by atoms with E-state index in [1.165, 1.54) is 4.31 Å². The molecule has 0 aliphatic carbocycles. The maximum atomic E-state index is 13.0. The standard InChI is InChI=1S/C23H35N3O4S/c1-17(2)19-7-9-21(10-8-19)31(29,30)26-14-12-24(13-15-26)23(28)20-6-5-11-25(16-20)22(27)18(3)4/h7-10,17-18,20H,5-6,11-16H2,1-4H3. The van der Waals surface area contributed by atoms with Crippen LogP contribution < -0.4 is 0 Å². The molecule has 31 heavy (non-hydrogen) atoms. The number of hydrogen-bond donors (Lipinski definition) is 0. The molecule has 0 bridgehead atoms. The average Bonchev–Trinajstić information content (AvgIpc) is 2.78. The van der Waals surface area contributed by atoms with Gasteiger partial charge in [-0.1, -0.05) is 39.8 Å². The summed E-state index contributed by atoms with van der Waals surface area (Å²) >= 11 is 0. The van der Waals surface area contributed by atoms with Gasteiger partial charge in [0.25, 0.3) is 0 Å².